The molecule has 1 nitrogen and oxygen atoms in total. The largest absolute Gasteiger partial charge is 0.388 e. The van der Waals surface area contributed by atoms with Crippen molar-refractivity contribution in [3.05, 3.63) is 23.8 Å². The van der Waals surface area contributed by atoms with Crippen molar-refractivity contribution in [1.29, 1.82) is 0 Å². The third kappa shape index (κ3) is 1.43. The number of hydrogen-bond donors (Lipinski definition) is 1. The first-order chi connectivity index (χ1) is 9.50. The maximum Gasteiger partial charge on any atom is 0.0803 e. The van der Waals surface area contributed by atoms with Crippen LogP contribution in [0.1, 0.15) is 65.2 Å². The van der Waals surface area contributed by atoms with Gasteiger partial charge in [0.05, 0.1) is 5.60 Å². The molecule has 3 saturated carbocycles. The maximum absolute atomic E-state index is 11.7. The molecule has 3 fully saturated rings. The molecule has 4 rings (SSSR count). The van der Waals surface area contributed by atoms with Crippen LogP contribution in [0.15, 0.2) is 23.8 Å². The topological polar surface area (TPSA) is 20.2 Å². The first kappa shape index (κ1) is 13.1. The summed E-state index contributed by atoms with van der Waals surface area (Å²) in [6, 6.07) is 0. The standard InChI is InChI=1S/C19H28O/c1-17-10-5-7-15(17)16-9-8-14-6-3-4-11-18(14,2)19(16,20)13-12-17/h4,6,11,15-16,20H,3,5,7-10,12-13H2,1-2H3/t15-,16-,17-,18-,19+/m0/s1. The predicted octanol–water partition coefficient (Wildman–Crippen LogP) is 4.62. The van der Waals surface area contributed by atoms with Gasteiger partial charge in [-0.2, -0.15) is 0 Å². The minimum absolute atomic E-state index is 0.0852. The Morgan fingerprint density at radius 2 is 1.95 bits per heavy atom. The number of rotatable bonds is 0. The van der Waals surface area contributed by atoms with Gasteiger partial charge in [-0.15, -0.1) is 0 Å². The van der Waals surface area contributed by atoms with Crippen molar-refractivity contribution in [2.45, 2.75) is 70.8 Å². The van der Waals surface area contributed by atoms with Gasteiger partial charge in [0, 0.05) is 5.41 Å². The lowest BCUT2D eigenvalue weighted by molar-refractivity contribution is -0.169. The first-order valence-electron chi connectivity index (χ1n) is 8.59. The Bertz CT molecular complexity index is 490. The van der Waals surface area contributed by atoms with Crippen molar-refractivity contribution >= 4 is 0 Å². The van der Waals surface area contributed by atoms with Crippen LogP contribution < -0.4 is 0 Å². The van der Waals surface area contributed by atoms with E-state index in [4.69, 9.17) is 0 Å². The summed E-state index contributed by atoms with van der Waals surface area (Å²) in [5, 5.41) is 11.7. The zero-order valence-corrected chi connectivity index (χ0v) is 13.0. The molecule has 0 aliphatic heterocycles. The van der Waals surface area contributed by atoms with Crippen LogP contribution in [0, 0.1) is 22.7 Å². The molecule has 0 aromatic heterocycles. The Balaban J connectivity index is 1.78. The Morgan fingerprint density at radius 3 is 2.80 bits per heavy atom. The quantitative estimate of drug-likeness (QED) is 0.638. The van der Waals surface area contributed by atoms with Crippen molar-refractivity contribution < 1.29 is 5.11 Å². The van der Waals surface area contributed by atoms with Gasteiger partial charge in [0.15, 0.2) is 0 Å². The summed E-state index contributed by atoms with van der Waals surface area (Å²) in [5.74, 6) is 1.28. The molecule has 20 heavy (non-hydrogen) atoms. The molecule has 0 bridgehead atoms. The fourth-order valence-electron chi connectivity index (χ4n) is 6.26. The number of allylic oxidation sites excluding steroid dienone is 2. The first-order valence-corrected chi connectivity index (χ1v) is 8.59. The molecule has 4 aliphatic rings. The molecule has 0 unspecified atom stereocenters. The van der Waals surface area contributed by atoms with Gasteiger partial charge < -0.3 is 5.11 Å². The van der Waals surface area contributed by atoms with Crippen molar-refractivity contribution in [2.75, 3.05) is 0 Å². The molecule has 1 heteroatoms. The molecular formula is C19H28O. The van der Waals surface area contributed by atoms with Gasteiger partial charge in [0.2, 0.25) is 0 Å². The van der Waals surface area contributed by atoms with E-state index >= 15 is 0 Å². The molecule has 0 amide bonds. The van der Waals surface area contributed by atoms with E-state index in [1.165, 1.54) is 44.1 Å². The molecule has 1 N–H and O–H groups in total. The second-order valence-corrected chi connectivity index (χ2v) is 8.29. The molecule has 0 aromatic carbocycles. The number of fused-ring (bicyclic) bond motifs is 5. The van der Waals surface area contributed by atoms with Crippen LogP contribution in [0.5, 0.6) is 0 Å². The summed E-state index contributed by atoms with van der Waals surface area (Å²) < 4.78 is 0. The SMILES string of the molecule is C[C@@]12CCC[C@H]1[C@@H]1CCC3=CCC=C[C@]3(C)[C@@]1(O)CC2. The zero-order chi connectivity index (χ0) is 14.0. The third-order valence-electron chi connectivity index (χ3n) is 7.58. The van der Waals surface area contributed by atoms with E-state index < -0.39 is 5.60 Å². The average molecular weight is 272 g/mol. The van der Waals surface area contributed by atoms with Gasteiger partial charge in [-0.1, -0.05) is 37.1 Å². The highest BCUT2D eigenvalue weighted by molar-refractivity contribution is 5.35. The van der Waals surface area contributed by atoms with Crippen LogP contribution in [0.2, 0.25) is 0 Å². The predicted molar refractivity (Wildman–Crippen MR) is 82.3 cm³/mol. The Hall–Kier alpha value is -0.560. The number of hydrogen-bond acceptors (Lipinski definition) is 1. The van der Waals surface area contributed by atoms with E-state index in [0.29, 0.717) is 11.3 Å². The number of aliphatic hydroxyl groups is 1. The molecule has 0 saturated heterocycles. The summed E-state index contributed by atoms with van der Waals surface area (Å²) >= 11 is 0. The summed E-state index contributed by atoms with van der Waals surface area (Å²) in [5.41, 5.74) is 1.47. The van der Waals surface area contributed by atoms with Crippen molar-refractivity contribution in [3.63, 3.8) is 0 Å². The van der Waals surface area contributed by atoms with Crippen molar-refractivity contribution in [1.82, 2.24) is 0 Å². The summed E-state index contributed by atoms with van der Waals surface area (Å²) in [6.45, 7) is 4.80. The Morgan fingerprint density at radius 1 is 1.10 bits per heavy atom. The molecule has 110 valence electrons. The van der Waals surface area contributed by atoms with Crippen LogP contribution >= 0.6 is 0 Å². The minimum Gasteiger partial charge on any atom is -0.388 e. The average Bonchev–Trinajstić information content (AvgIpc) is 2.81. The van der Waals surface area contributed by atoms with E-state index in [9.17, 15) is 5.11 Å². The lowest BCUT2D eigenvalue weighted by atomic mass is 9.46. The van der Waals surface area contributed by atoms with E-state index in [2.05, 4.69) is 32.1 Å². The fourth-order valence-corrected chi connectivity index (χ4v) is 6.26. The van der Waals surface area contributed by atoms with Crippen molar-refractivity contribution in [2.24, 2.45) is 22.7 Å². The van der Waals surface area contributed by atoms with E-state index in [1.807, 2.05) is 0 Å². The molecular weight excluding hydrogens is 244 g/mol. The van der Waals surface area contributed by atoms with Crippen LogP contribution in [0.3, 0.4) is 0 Å². The van der Waals surface area contributed by atoms with Crippen molar-refractivity contribution in [3.8, 4) is 0 Å². The van der Waals surface area contributed by atoms with Gasteiger partial charge in [0.1, 0.15) is 0 Å². The smallest absolute Gasteiger partial charge is 0.0803 e. The minimum atomic E-state index is -0.484. The Kier molecular flexibility index (Phi) is 2.63. The Labute approximate surface area is 123 Å². The van der Waals surface area contributed by atoms with E-state index in [-0.39, 0.29) is 5.41 Å². The van der Waals surface area contributed by atoms with Gasteiger partial charge in [-0.25, -0.2) is 0 Å². The molecule has 0 heterocycles. The third-order valence-corrected chi connectivity index (χ3v) is 7.58. The summed E-state index contributed by atoms with van der Waals surface area (Å²) in [4.78, 5) is 0. The van der Waals surface area contributed by atoms with Gasteiger partial charge in [0.25, 0.3) is 0 Å². The highest BCUT2D eigenvalue weighted by Crippen LogP contribution is 2.66. The van der Waals surface area contributed by atoms with Gasteiger partial charge in [-0.05, 0) is 69.1 Å². The van der Waals surface area contributed by atoms with Crippen LogP contribution in [0.25, 0.3) is 0 Å². The normalized spacial score (nSPS) is 53.9. The lowest BCUT2D eigenvalue weighted by Gasteiger charge is -2.61. The highest BCUT2D eigenvalue weighted by atomic mass is 16.3. The summed E-state index contributed by atoms with van der Waals surface area (Å²) in [6.07, 6.45) is 16.8. The van der Waals surface area contributed by atoms with E-state index in [0.717, 1.165) is 18.8 Å². The fraction of sp³-hybridized carbons (Fsp3) is 0.789. The second kappa shape index (κ2) is 4.00. The van der Waals surface area contributed by atoms with Gasteiger partial charge >= 0.3 is 0 Å². The van der Waals surface area contributed by atoms with Gasteiger partial charge in [-0.3, -0.25) is 0 Å². The van der Waals surface area contributed by atoms with E-state index in [1.54, 1.807) is 0 Å². The zero-order valence-electron chi connectivity index (χ0n) is 13.0. The molecule has 0 aromatic rings. The second-order valence-electron chi connectivity index (χ2n) is 8.29. The molecule has 4 aliphatic carbocycles. The molecule has 0 radical (unpaired) electrons. The monoisotopic (exact) mass is 272 g/mol. The van der Waals surface area contributed by atoms with Crippen LogP contribution in [0.4, 0.5) is 0 Å². The van der Waals surface area contributed by atoms with Crippen LogP contribution in [-0.4, -0.2) is 10.7 Å². The van der Waals surface area contributed by atoms with Crippen LogP contribution in [-0.2, 0) is 0 Å². The highest BCUT2D eigenvalue weighted by Gasteiger charge is 2.62. The molecule has 5 atom stereocenters. The maximum atomic E-state index is 11.7. The summed E-state index contributed by atoms with van der Waals surface area (Å²) in [7, 11) is 0. The lowest BCUT2D eigenvalue weighted by Crippen LogP contribution is -2.61. The molecule has 0 spiro atoms.